The van der Waals surface area contributed by atoms with Gasteiger partial charge in [0.25, 0.3) is 0 Å². The van der Waals surface area contributed by atoms with Gasteiger partial charge in [-0.05, 0) is 18.2 Å². The predicted octanol–water partition coefficient (Wildman–Crippen LogP) is 2.83. The fraction of sp³-hybridized carbons (Fsp3) is 0.286. The summed E-state index contributed by atoms with van der Waals surface area (Å²) in [6.07, 6.45) is 3.54. The molecule has 0 atom stereocenters. The van der Waals surface area contributed by atoms with E-state index in [1.54, 1.807) is 17.2 Å². The van der Waals surface area contributed by atoms with Gasteiger partial charge in [0, 0.05) is 30.7 Å². The van der Waals surface area contributed by atoms with Crippen molar-refractivity contribution in [3.05, 3.63) is 36.5 Å². The van der Waals surface area contributed by atoms with Crippen LogP contribution in [0.15, 0.2) is 36.5 Å². The lowest BCUT2D eigenvalue weighted by Gasteiger charge is -2.14. The number of carbonyl (C=O) groups is 1. The van der Waals surface area contributed by atoms with Gasteiger partial charge in [-0.2, -0.15) is 0 Å². The van der Waals surface area contributed by atoms with Crippen LogP contribution in [0.4, 0.5) is 4.79 Å². The van der Waals surface area contributed by atoms with Crippen LogP contribution in [0, 0.1) is 0 Å². The molecule has 1 aliphatic rings. The van der Waals surface area contributed by atoms with Gasteiger partial charge in [-0.15, -0.1) is 0 Å². The van der Waals surface area contributed by atoms with Crippen molar-refractivity contribution in [1.82, 2.24) is 9.88 Å². The molecule has 1 amide bonds. The number of hydrogen-bond acceptors (Lipinski definition) is 3. The summed E-state index contributed by atoms with van der Waals surface area (Å²) in [7, 11) is 0. The lowest BCUT2D eigenvalue weighted by molar-refractivity contribution is 0.161. The number of aromatic nitrogens is 1. The molecule has 1 aliphatic heterocycles. The first-order valence-electron chi connectivity index (χ1n) is 6.14. The summed E-state index contributed by atoms with van der Waals surface area (Å²) in [5, 5.41) is 2.06. The van der Waals surface area contributed by atoms with Crippen LogP contribution in [0.2, 0.25) is 0 Å². The standard InChI is InChI=1S/C14H14N2O2/c17-14(16-7-3-4-8-16)18-13-9-11-5-1-2-6-12(11)10-15-13/h1-2,5-6,9-10H,3-4,7-8H2. The van der Waals surface area contributed by atoms with Gasteiger partial charge in [0.1, 0.15) is 0 Å². The molecule has 0 N–H and O–H groups in total. The third kappa shape index (κ3) is 2.14. The highest BCUT2D eigenvalue weighted by atomic mass is 16.6. The molecule has 0 bridgehead atoms. The zero-order chi connectivity index (χ0) is 12.4. The van der Waals surface area contributed by atoms with Crippen molar-refractivity contribution in [2.75, 3.05) is 13.1 Å². The molecule has 0 aliphatic carbocycles. The number of amides is 1. The van der Waals surface area contributed by atoms with Crippen LogP contribution in [0.1, 0.15) is 12.8 Å². The summed E-state index contributed by atoms with van der Waals surface area (Å²) in [5.74, 6) is 0.366. The molecule has 2 heterocycles. The molecule has 0 spiro atoms. The maximum atomic E-state index is 11.8. The number of hydrogen-bond donors (Lipinski definition) is 0. The second-order valence-corrected chi connectivity index (χ2v) is 4.43. The zero-order valence-corrected chi connectivity index (χ0v) is 10.0. The van der Waals surface area contributed by atoms with Gasteiger partial charge in [0.05, 0.1) is 0 Å². The lowest BCUT2D eigenvalue weighted by atomic mass is 10.2. The van der Waals surface area contributed by atoms with Gasteiger partial charge < -0.3 is 9.64 Å². The molecule has 4 heteroatoms. The van der Waals surface area contributed by atoms with Crippen LogP contribution in [-0.2, 0) is 0 Å². The first-order valence-corrected chi connectivity index (χ1v) is 6.14. The average Bonchev–Trinajstić information content (AvgIpc) is 2.92. The Balaban J connectivity index is 1.79. The maximum Gasteiger partial charge on any atom is 0.416 e. The maximum absolute atomic E-state index is 11.8. The molecule has 3 rings (SSSR count). The predicted molar refractivity (Wildman–Crippen MR) is 68.6 cm³/mol. The van der Waals surface area contributed by atoms with Gasteiger partial charge in [-0.25, -0.2) is 9.78 Å². The summed E-state index contributed by atoms with van der Waals surface area (Å²) >= 11 is 0. The van der Waals surface area contributed by atoms with E-state index in [1.165, 1.54) is 0 Å². The van der Waals surface area contributed by atoms with Crippen molar-refractivity contribution in [2.24, 2.45) is 0 Å². The number of carbonyl (C=O) groups excluding carboxylic acids is 1. The third-order valence-electron chi connectivity index (χ3n) is 3.16. The van der Waals surface area contributed by atoms with E-state index in [-0.39, 0.29) is 6.09 Å². The first-order chi connectivity index (χ1) is 8.83. The van der Waals surface area contributed by atoms with Crippen LogP contribution in [0.3, 0.4) is 0 Å². The number of likely N-dealkylation sites (tertiary alicyclic amines) is 1. The van der Waals surface area contributed by atoms with Crippen LogP contribution >= 0.6 is 0 Å². The molecule has 0 unspecified atom stereocenters. The van der Waals surface area contributed by atoms with E-state index in [0.717, 1.165) is 36.7 Å². The van der Waals surface area contributed by atoms with Crippen LogP contribution in [-0.4, -0.2) is 29.1 Å². The summed E-state index contributed by atoms with van der Waals surface area (Å²) in [5.41, 5.74) is 0. The number of pyridine rings is 1. The van der Waals surface area contributed by atoms with Gasteiger partial charge in [-0.1, -0.05) is 24.3 Å². The van der Waals surface area contributed by atoms with E-state index in [2.05, 4.69) is 4.98 Å². The molecule has 0 radical (unpaired) electrons. The van der Waals surface area contributed by atoms with E-state index in [1.807, 2.05) is 24.3 Å². The Kier molecular flexibility index (Phi) is 2.84. The second-order valence-electron chi connectivity index (χ2n) is 4.43. The zero-order valence-electron chi connectivity index (χ0n) is 10.0. The average molecular weight is 242 g/mol. The monoisotopic (exact) mass is 242 g/mol. The molecule has 1 fully saturated rings. The van der Waals surface area contributed by atoms with Crippen LogP contribution in [0.5, 0.6) is 5.88 Å². The SMILES string of the molecule is O=C(Oc1cc2ccccc2cn1)N1CCCC1. The summed E-state index contributed by atoms with van der Waals surface area (Å²) in [6, 6.07) is 9.66. The Morgan fingerprint density at radius 3 is 2.67 bits per heavy atom. The normalized spacial score (nSPS) is 15.0. The Morgan fingerprint density at radius 1 is 1.17 bits per heavy atom. The third-order valence-corrected chi connectivity index (χ3v) is 3.16. The number of ether oxygens (including phenoxy) is 1. The summed E-state index contributed by atoms with van der Waals surface area (Å²) in [4.78, 5) is 17.7. The quantitative estimate of drug-likeness (QED) is 0.772. The van der Waals surface area contributed by atoms with Crippen molar-refractivity contribution in [3.8, 4) is 5.88 Å². The minimum atomic E-state index is -0.296. The largest absolute Gasteiger partial charge is 0.416 e. The fourth-order valence-electron chi connectivity index (χ4n) is 2.17. The van der Waals surface area contributed by atoms with Crippen LogP contribution < -0.4 is 4.74 Å². The molecule has 18 heavy (non-hydrogen) atoms. The fourth-order valence-corrected chi connectivity index (χ4v) is 2.17. The molecule has 1 aromatic heterocycles. The smallest absolute Gasteiger partial charge is 0.391 e. The number of nitrogens with zero attached hydrogens (tertiary/aromatic N) is 2. The second kappa shape index (κ2) is 4.64. The van der Waals surface area contributed by atoms with E-state index in [9.17, 15) is 4.79 Å². The number of benzene rings is 1. The minimum absolute atomic E-state index is 0.296. The molecular formula is C14H14N2O2. The first kappa shape index (κ1) is 11.0. The van der Waals surface area contributed by atoms with Crippen LogP contribution in [0.25, 0.3) is 10.8 Å². The van der Waals surface area contributed by atoms with E-state index >= 15 is 0 Å². The van der Waals surface area contributed by atoms with Crippen molar-refractivity contribution < 1.29 is 9.53 Å². The van der Waals surface area contributed by atoms with Gasteiger partial charge in [0.15, 0.2) is 0 Å². The van der Waals surface area contributed by atoms with Gasteiger partial charge in [0.2, 0.25) is 5.88 Å². The van der Waals surface area contributed by atoms with Crippen molar-refractivity contribution in [1.29, 1.82) is 0 Å². The van der Waals surface area contributed by atoms with E-state index in [4.69, 9.17) is 4.74 Å². The summed E-state index contributed by atoms with van der Waals surface area (Å²) < 4.78 is 5.28. The Labute approximate surface area is 105 Å². The molecule has 1 saturated heterocycles. The van der Waals surface area contributed by atoms with Crippen molar-refractivity contribution in [2.45, 2.75) is 12.8 Å². The molecule has 0 saturated carbocycles. The molecule has 2 aromatic rings. The summed E-state index contributed by atoms with van der Waals surface area (Å²) in [6.45, 7) is 1.57. The molecule has 92 valence electrons. The molecule has 1 aromatic carbocycles. The molecule has 4 nitrogen and oxygen atoms in total. The van der Waals surface area contributed by atoms with Gasteiger partial charge >= 0.3 is 6.09 Å². The molecular weight excluding hydrogens is 228 g/mol. The van der Waals surface area contributed by atoms with E-state index < -0.39 is 0 Å². The highest BCUT2D eigenvalue weighted by Crippen LogP contribution is 2.18. The Hall–Kier alpha value is -2.10. The lowest BCUT2D eigenvalue weighted by Crippen LogP contribution is -2.30. The van der Waals surface area contributed by atoms with Crippen molar-refractivity contribution >= 4 is 16.9 Å². The highest BCUT2D eigenvalue weighted by molar-refractivity contribution is 5.83. The Bertz CT molecular complexity index is 577. The van der Waals surface area contributed by atoms with E-state index in [0.29, 0.717) is 5.88 Å². The highest BCUT2D eigenvalue weighted by Gasteiger charge is 2.20. The number of fused-ring (bicyclic) bond motifs is 1. The van der Waals surface area contributed by atoms with Crippen molar-refractivity contribution in [3.63, 3.8) is 0 Å². The number of rotatable bonds is 1. The Morgan fingerprint density at radius 2 is 1.89 bits per heavy atom. The topological polar surface area (TPSA) is 42.4 Å². The van der Waals surface area contributed by atoms with Gasteiger partial charge in [-0.3, -0.25) is 0 Å². The minimum Gasteiger partial charge on any atom is -0.391 e.